The molecule has 5 nitrogen and oxygen atoms in total. The number of ether oxygens (including phenoxy) is 2. The van der Waals surface area contributed by atoms with Crippen molar-refractivity contribution in [3.63, 3.8) is 0 Å². The summed E-state index contributed by atoms with van der Waals surface area (Å²) < 4.78 is 37.5. The number of hydrogen-bond donors (Lipinski definition) is 0. The van der Waals surface area contributed by atoms with Crippen molar-refractivity contribution in [1.82, 2.24) is 4.90 Å². The van der Waals surface area contributed by atoms with Crippen LogP contribution in [0.3, 0.4) is 0 Å². The topological polar surface area (TPSA) is 58.5 Å². The molecular formula is C26H25F2NO4+. The molecule has 3 rings (SSSR count). The Morgan fingerprint density at radius 2 is 1.09 bits per heavy atom. The third kappa shape index (κ3) is 5.09. The van der Waals surface area contributed by atoms with Gasteiger partial charge in [0.1, 0.15) is 22.8 Å². The van der Waals surface area contributed by atoms with Crippen LogP contribution >= 0.6 is 0 Å². The predicted octanol–water partition coefficient (Wildman–Crippen LogP) is 6.27. The largest absolute Gasteiger partial charge is 0.465 e. The zero-order valence-electron chi connectivity index (χ0n) is 19.1. The molecule has 0 fully saturated rings. The molecule has 0 aromatic heterocycles. The third-order valence-corrected chi connectivity index (χ3v) is 5.18. The molecular weight excluding hydrogens is 428 g/mol. The summed E-state index contributed by atoms with van der Waals surface area (Å²) in [6.45, 7) is 5.84. The summed E-state index contributed by atoms with van der Waals surface area (Å²) in [6, 6.07) is 14.3. The lowest BCUT2D eigenvalue weighted by Gasteiger charge is -2.23. The Morgan fingerprint density at radius 1 is 0.727 bits per heavy atom. The van der Waals surface area contributed by atoms with Crippen molar-refractivity contribution in [2.75, 3.05) is 14.2 Å². The number of anilines is 3. The summed E-state index contributed by atoms with van der Waals surface area (Å²) in [5, 5.41) is 0. The normalized spacial score (nSPS) is 11.4. The molecule has 3 aromatic carbocycles. The van der Waals surface area contributed by atoms with E-state index in [1.165, 1.54) is 62.8 Å². The molecule has 0 saturated heterocycles. The second-order valence-electron chi connectivity index (χ2n) is 8.44. The first-order valence-electron chi connectivity index (χ1n) is 10.2. The number of benzene rings is 3. The van der Waals surface area contributed by atoms with Gasteiger partial charge in [-0.25, -0.2) is 18.4 Å². The zero-order valence-corrected chi connectivity index (χ0v) is 19.1. The molecule has 0 spiro atoms. The van der Waals surface area contributed by atoms with E-state index in [1.54, 1.807) is 17.0 Å². The van der Waals surface area contributed by atoms with Crippen LogP contribution < -0.4 is 4.90 Å². The van der Waals surface area contributed by atoms with Crippen LogP contribution in [0.2, 0.25) is 0 Å². The van der Waals surface area contributed by atoms with Crippen molar-refractivity contribution >= 4 is 29.0 Å². The van der Waals surface area contributed by atoms with Crippen molar-refractivity contribution in [2.24, 2.45) is 0 Å². The first kappa shape index (κ1) is 24.1. The number of halogens is 2. The molecule has 0 amide bonds. The summed E-state index contributed by atoms with van der Waals surface area (Å²) >= 11 is 0. The lowest BCUT2D eigenvalue weighted by molar-refractivity contribution is 0.0599. The Kier molecular flexibility index (Phi) is 6.93. The van der Waals surface area contributed by atoms with E-state index in [0.29, 0.717) is 16.9 Å². The van der Waals surface area contributed by atoms with Crippen LogP contribution in [0.5, 0.6) is 0 Å². The van der Waals surface area contributed by atoms with Crippen molar-refractivity contribution < 1.29 is 27.8 Å². The fourth-order valence-electron chi connectivity index (χ4n) is 3.43. The van der Waals surface area contributed by atoms with Crippen LogP contribution in [-0.4, -0.2) is 26.2 Å². The average molecular weight is 453 g/mol. The maximum absolute atomic E-state index is 13.7. The molecule has 0 atom stereocenters. The minimum atomic E-state index is -0.671. The second kappa shape index (κ2) is 9.50. The quantitative estimate of drug-likeness (QED) is 0.337. The van der Waals surface area contributed by atoms with Crippen molar-refractivity contribution in [1.29, 1.82) is 0 Å². The van der Waals surface area contributed by atoms with Crippen LogP contribution in [0.1, 0.15) is 47.1 Å². The van der Waals surface area contributed by atoms with Gasteiger partial charge in [-0.05, 0) is 47.4 Å². The zero-order chi connectivity index (χ0) is 24.3. The van der Waals surface area contributed by atoms with E-state index in [9.17, 15) is 18.4 Å². The van der Waals surface area contributed by atoms with Crippen LogP contribution in [0.4, 0.5) is 25.8 Å². The monoisotopic (exact) mass is 453 g/mol. The van der Waals surface area contributed by atoms with Gasteiger partial charge >= 0.3 is 11.9 Å². The smallest absolute Gasteiger partial charge is 0.344 e. The minimum Gasteiger partial charge on any atom is -0.465 e. The number of nitrogens with zero attached hydrogens (tertiary/aromatic N) is 1. The molecule has 0 N–H and O–H groups in total. The van der Waals surface area contributed by atoms with E-state index < -0.39 is 29.0 Å². The summed E-state index contributed by atoms with van der Waals surface area (Å²) in [4.78, 5) is 27.4. The van der Waals surface area contributed by atoms with Crippen molar-refractivity contribution in [2.45, 2.75) is 26.2 Å². The molecule has 0 aliphatic rings. The SMILES string of the molecule is COC(=O)c1cc(C(C)(C)C)cc(C(=O)OC)c1[N+](c1ccc(F)cc1)c1ccc(F)cc1. The first-order chi connectivity index (χ1) is 15.6. The summed E-state index contributed by atoms with van der Waals surface area (Å²) in [5.74, 6) is -2.25. The Hall–Kier alpha value is -3.58. The second-order valence-corrected chi connectivity index (χ2v) is 8.44. The number of esters is 2. The van der Waals surface area contributed by atoms with Gasteiger partial charge in [0.05, 0.1) is 14.2 Å². The fourth-order valence-corrected chi connectivity index (χ4v) is 3.43. The van der Waals surface area contributed by atoms with E-state index in [1.807, 2.05) is 20.8 Å². The molecule has 1 radical (unpaired) electrons. The van der Waals surface area contributed by atoms with Crippen molar-refractivity contribution in [3.8, 4) is 0 Å². The maximum atomic E-state index is 13.7. The van der Waals surface area contributed by atoms with E-state index in [2.05, 4.69) is 0 Å². The van der Waals surface area contributed by atoms with E-state index in [0.717, 1.165) is 0 Å². The van der Waals surface area contributed by atoms with Crippen LogP contribution in [-0.2, 0) is 14.9 Å². The standard InChI is InChI=1S/C26H25F2NO4/c1-26(2,3)16-14-21(24(30)32-4)23(22(15-16)25(31)33-5)29(19-10-6-17(27)7-11-19)20-12-8-18(28)9-13-20/h6-15H,1-5H3/q+1. The van der Waals surface area contributed by atoms with Crippen LogP contribution in [0, 0.1) is 11.6 Å². The molecule has 0 unspecified atom stereocenters. The van der Waals surface area contributed by atoms with Crippen LogP contribution in [0.15, 0.2) is 60.7 Å². The summed E-state index contributed by atoms with van der Waals surface area (Å²) in [6.07, 6.45) is 0. The Labute approximate surface area is 191 Å². The molecule has 3 aromatic rings. The van der Waals surface area contributed by atoms with Crippen LogP contribution in [0.25, 0.3) is 0 Å². The Morgan fingerprint density at radius 3 is 1.39 bits per heavy atom. The number of rotatable bonds is 5. The van der Waals surface area contributed by atoms with Gasteiger partial charge in [-0.3, -0.25) is 0 Å². The van der Waals surface area contributed by atoms with E-state index >= 15 is 0 Å². The maximum Gasteiger partial charge on any atom is 0.344 e. The highest BCUT2D eigenvalue weighted by Gasteiger charge is 2.38. The average Bonchev–Trinajstić information content (AvgIpc) is 2.79. The molecule has 7 heteroatoms. The molecule has 0 bridgehead atoms. The van der Waals surface area contributed by atoms with Gasteiger partial charge in [-0.1, -0.05) is 25.7 Å². The Bertz CT molecular complexity index is 1080. The minimum absolute atomic E-state index is 0.110. The van der Waals surface area contributed by atoms with Gasteiger partial charge < -0.3 is 9.47 Å². The van der Waals surface area contributed by atoms with E-state index in [-0.39, 0.29) is 16.8 Å². The lowest BCUT2D eigenvalue weighted by atomic mass is 9.84. The van der Waals surface area contributed by atoms with Gasteiger partial charge in [-0.2, -0.15) is 0 Å². The predicted molar refractivity (Wildman–Crippen MR) is 122 cm³/mol. The highest BCUT2D eigenvalue weighted by atomic mass is 19.1. The first-order valence-corrected chi connectivity index (χ1v) is 10.2. The van der Waals surface area contributed by atoms with Gasteiger partial charge in [-0.15, -0.1) is 0 Å². The Balaban J connectivity index is 2.45. The number of methoxy groups -OCH3 is 2. The van der Waals surface area contributed by atoms with Gasteiger partial charge in [0.2, 0.25) is 5.69 Å². The molecule has 0 saturated carbocycles. The van der Waals surface area contributed by atoms with Gasteiger partial charge in [0, 0.05) is 24.3 Å². The molecule has 33 heavy (non-hydrogen) atoms. The van der Waals surface area contributed by atoms with Crippen molar-refractivity contribution in [3.05, 3.63) is 89.0 Å². The summed E-state index contributed by atoms with van der Waals surface area (Å²) in [5.41, 5.74) is 1.60. The van der Waals surface area contributed by atoms with Gasteiger partial charge in [0.15, 0.2) is 11.4 Å². The highest BCUT2D eigenvalue weighted by molar-refractivity contribution is 6.05. The van der Waals surface area contributed by atoms with Gasteiger partial charge in [0.25, 0.3) is 0 Å². The number of hydrogen-bond acceptors (Lipinski definition) is 5. The number of carbonyl (C=O) groups excluding carboxylic acids is 2. The van der Waals surface area contributed by atoms with E-state index in [4.69, 9.17) is 9.47 Å². The molecule has 0 aliphatic heterocycles. The molecule has 0 heterocycles. The summed E-state index contributed by atoms with van der Waals surface area (Å²) in [7, 11) is 2.49. The lowest BCUT2D eigenvalue weighted by Crippen LogP contribution is -2.23. The number of carbonyl (C=O) groups is 2. The molecule has 0 aliphatic carbocycles. The third-order valence-electron chi connectivity index (χ3n) is 5.18. The fraction of sp³-hybridized carbons (Fsp3) is 0.231. The molecule has 171 valence electrons. The highest BCUT2D eigenvalue weighted by Crippen LogP contribution is 2.41.